The van der Waals surface area contributed by atoms with Gasteiger partial charge in [-0.3, -0.25) is 4.79 Å². The van der Waals surface area contributed by atoms with Gasteiger partial charge in [0.15, 0.2) is 6.61 Å². The number of nitrogen functional groups attached to an aromatic ring is 1. The Hall–Kier alpha value is -1.05. The van der Waals surface area contributed by atoms with E-state index in [2.05, 4.69) is 53.1 Å². The Morgan fingerprint density at radius 2 is 1.71 bits per heavy atom. The lowest BCUT2D eigenvalue weighted by molar-refractivity contribution is -0.118. The van der Waals surface area contributed by atoms with Gasteiger partial charge in [0.25, 0.3) is 5.91 Å². The van der Waals surface area contributed by atoms with E-state index in [0.717, 1.165) is 4.47 Å². The van der Waals surface area contributed by atoms with Gasteiger partial charge in [0, 0.05) is 10.2 Å². The number of hydrogen-bond donors (Lipinski definition) is 2. The molecular formula is C14H11Br3N2O2. The Bertz CT molecular complexity index is 654. The molecule has 21 heavy (non-hydrogen) atoms. The number of hydrogen-bond acceptors (Lipinski definition) is 3. The molecule has 0 spiro atoms. The number of ether oxygens (including phenoxy) is 1. The summed E-state index contributed by atoms with van der Waals surface area (Å²) in [6.07, 6.45) is 0. The average molecular weight is 479 g/mol. The fourth-order valence-electron chi connectivity index (χ4n) is 1.60. The van der Waals surface area contributed by atoms with Crippen molar-refractivity contribution in [2.45, 2.75) is 0 Å². The summed E-state index contributed by atoms with van der Waals surface area (Å²) in [7, 11) is 0. The van der Waals surface area contributed by atoms with Crippen LogP contribution < -0.4 is 15.8 Å². The maximum atomic E-state index is 11.9. The maximum absolute atomic E-state index is 11.9. The normalized spacial score (nSPS) is 10.2. The number of halogens is 3. The molecule has 0 unspecified atom stereocenters. The Labute approximate surface area is 147 Å². The molecule has 0 aliphatic rings. The second kappa shape index (κ2) is 7.29. The van der Waals surface area contributed by atoms with Crippen molar-refractivity contribution in [3.63, 3.8) is 0 Å². The largest absolute Gasteiger partial charge is 0.481 e. The number of nitrogens with two attached hydrogens (primary N) is 1. The first-order valence-electron chi connectivity index (χ1n) is 5.89. The van der Waals surface area contributed by atoms with Gasteiger partial charge in [0.05, 0.1) is 14.6 Å². The Kier molecular flexibility index (Phi) is 5.66. The molecule has 1 amide bonds. The zero-order chi connectivity index (χ0) is 15.4. The summed E-state index contributed by atoms with van der Waals surface area (Å²) >= 11 is 10.1. The number of amides is 1. The van der Waals surface area contributed by atoms with Crippen molar-refractivity contribution in [1.82, 2.24) is 0 Å². The first kappa shape index (κ1) is 16.3. The number of carbonyl (C=O) groups excluding carboxylic acids is 1. The van der Waals surface area contributed by atoms with Gasteiger partial charge in [0.1, 0.15) is 5.75 Å². The van der Waals surface area contributed by atoms with Crippen LogP contribution in [0.2, 0.25) is 0 Å². The van der Waals surface area contributed by atoms with Crippen molar-refractivity contribution in [3.8, 4) is 5.75 Å². The number of benzene rings is 2. The lowest BCUT2D eigenvalue weighted by Crippen LogP contribution is -2.20. The molecule has 0 aliphatic carbocycles. The molecule has 0 heterocycles. The van der Waals surface area contributed by atoms with Crippen molar-refractivity contribution in [2.24, 2.45) is 0 Å². The van der Waals surface area contributed by atoms with Crippen molar-refractivity contribution >= 4 is 65.1 Å². The van der Waals surface area contributed by atoms with E-state index in [4.69, 9.17) is 10.5 Å². The molecule has 0 aromatic heterocycles. The first-order valence-corrected chi connectivity index (χ1v) is 8.27. The van der Waals surface area contributed by atoms with E-state index >= 15 is 0 Å². The second-order valence-electron chi connectivity index (χ2n) is 4.13. The molecule has 0 bridgehead atoms. The van der Waals surface area contributed by atoms with Crippen molar-refractivity contribution in [1.29, 1.82) is 0 Å². The summed E-state index contributed by atoms with van der Waals surface area (Å²) in [5, 5.41) is 2.76. The molecule has 0 radical (unpaired) electrons. The van der Waals surface area contributed by atoms with Crippen LogP contribution in [-0.2, 0) is 4.79 Å². The number of carbonyl (C=O) groups is 1. The third-order valence-corrected chi connectivity index (χ3v) is 4.39. The minimum Gasteiger partial charge on any atom is -0.481 e. The van der Waals surface area contributed by atoms with Gasteiger partial charge in [-0.25, -0.2) is 0 Å². The first-order chi connectivity index (χ1) is 9.97. The van der Waals surface area contributed by atoms with Crippen LogP contribution in [0.5, 0.6) is 5.75 Å². The summed E-state index contributed by atoms with van der Waals surface area (Å²) in [5.41, 5.74) is 7.00. The molecule has 110 valence electrons. The Morgan fingerprint density at radius 1 is 1.10 bits per heavy atom. The molecule has 0 saturated carbocycles. The van der Waals surface area contributed by atoms with Crippen LogP contribution in [-0.4, -0.2) is 12.5 Å². The zero-order valence-corrected chi connectivity index (χ0v) is 15.5. The molecule has 2 aromatic carbocycles. The minimum absolute atomic E-state index is 0.109. The molecule has 4 nitrogen and oxygen atoms in total. The molecule has 0 saturated heterocycles. The van der Waals surface area contributed by atoms with Crippen molar-refractivity contribution in [3.05, 3.63) is 49.8 Å². The van der Waals surface area contributed by atoms with E-state index in [1.165, 1.54) is 0 Å². The number of anilines is 2. The van der Waals surface area contributed by atoms with Gasteiger partial charge < -0.3 is 15.8 Å². The van der Waals surface area contributed by atoms with Crippen LogP contribution in [0.15, 0.2) is 49.8 Å². The van der Waals surface area contributed by atoms with E-state index < -0.39 is 0 Å². The van der Waals surface area contributed by atoms with Crippen LogP contribution in [0, 0.1) is 0 Å². The Balaban J connectivity index is 2.01. The van der Waals surface area contributed by atoms with Gasteiger partial charge in [0.2, 0.25) is 0 Å². The van der Waals surface area contributed by atoms with E-state index in [9.17, 15) is 4.79 Å². The number of nitrogens with one attached hydrogen (secondary N) is 1. The van der Waals surface area contributed by atoms with Gasteiger partial charge in [-0.05, 0) is 72.1 Å². The molecule has 0 aliphatic heterocycles. The second-order valence-corrected chi connectivity index (χ2v) is 6.69. The third kappa shape index (κ3) is 4.46. The summed E-state index contributed by atoms with van der Waals surface area (Å²) in [4.78, 5) is 11.9. The molecular weight excluding hydrogens is 468 g/mol. The minimum atomic E-state index is -0.252. The van der Waals surface area contributed by atoms with E-state index in [1.807, 2.05) is 18.2 Å². The molecule has 7 heteroatoms. The Morgan fingerprint density at radius 3 is 2.33 bits per heavy atom. The maximum Gasteiger partial charge on any atom is 0.262 e. The average Bonchev–Trinajstić information content (AvgIpc) is 2.40. The highest BCUT2D eigenvalue weighted by Crippen LogP contribution is 2.35. The monoisotopic (exact) mass is 476 g/mol. The lowest BCUT2D eigenvalue weighted by atomic mass is 10.3. The predicted molar refractivity (Wildman–Crippen MR) is 94.5 cm³/mol. The van der Waals surface area contributed by atoms with E-state index in [-0.39, 0.29) is 12.5 Å². The van der Waals surface area contributed by atoms with Crippen molar-refractivity contribution < 1.29 is 9.53 Å². The van der Waals surface area contributed by atoms with Crippen LogP contribution >= 0.6 is 47.8 Å². The zero-order valence-electron chi connectivity index (χ0n) is 10.7. The summed E-state index contributed by atoms with van der Waals surface area (Å²) < 4.78 is 7.70. The van der Waals surface area contributed by atoms with Gasteiger partial charge >= 0.3 is 0 Å². The number of rotatable bonds is 4. The highest BCUT2D eigenvalue weighted by atomic mass is 79.9. The molecule has 2 rings (SSSR count). The van der Waals surface area contributed by atoms with Gasteiger partial charge in [-0.1, -0.05) is 12.1 Å². The summed E-state index contributed by atoms with van der Waals surface area (Å²) in [6.45, 7) is -0.109. The predicted octanol–water partition coefficient (Wildman–Crippen LogP) is 4.57. The quantitative estimate of drug-likeness (QED) is 0.632. The lowest BCUT2D eigenvalue weighted by Gasteiger charge is -2.12. The van der Waals surface area contributed by atoms with Gasteiger partial charge in [-0.2, -0.15) is 0 Å². The highest BCUT2D eigenvalue weighted by molar-refractivity contribution is 9.11. The topological polar surface area (TPSA) is 64.3 Å². The molecule has 3 N–H and O–H groups in total. The smallest absolute Gasteiger partial charge is 0.262 e. The van der Waals surface area contributed by atoms with Gasteiger partial charge in [-0.15, -0.1) is 0 Å². The fourth-order valence-corrected chi connectivity index (χ4v) is 3.44. The summed E-state index contributed by atoms with van der Waals surface area (Å²) in [5.74, 6) is 0.281. The van der Waals surface area contributed by atoms with E-state index in [0.29, 0.717) is 26.1 Å². The molecule has 2 aromatic rings. The van der Waals surface area contributed by atoms with E-state index in [1.54, 1.807) is 18.2 Å². The highest BCUT2D eigenvalue weighted by Gasteiger charge is 2.11. The fraction of sp³-hybridized carbons (Fsp3) is 0.0714. The third-order valence-electron chi connectivity index (χ3n) is 2.52. The van der Waals surface area contributed by atoms with Crippen LogP contribution in [0.25, 0.3) is 0 Å². The molecule has 0 fully saturated rings. The van der Waals surface area contributed by atoms with Crippen LogP contribution in [0.3, 0.4) is 0 Å². The van der Waals surface area contributed by atoms with Crippen LogP contribution in [0.4, 0.5) is 11.4 Å². The number of para-hydroxylation sites is 1. The summed E-state index contributed by atoms with van der Waals surface area (Å²) in [6, 6.07) is 10.8. The van der Waals surface area contributed by atoms with Crippen LogP contribution in [0.1, 0.15) is 0 Å². The standard InChI is InChI=1S/C14H11Br3N2O2/c15-9-3-1-2-4-12(9)19-13(20)7-21-14-10(16)5-8(18)6-11(14)17/h1-6H,7,18H2,(H,19,20). The SMILES string of the molecule is Nc1cc(Br)c(OCC(=O)Nc2ccccc2Br)c(Br)c1. The van der Waals surface area contributed by atoms with Crippen molar-refractivity contribution in [2.75, 3.05) is 17.7 Å². The molecule has 0 atom stereocenters.